The smallest absolute Gasteiger partial charge is 0.330 e. The molecule has 0 radical (unpaired) electrons. The number of unbranched alkanes of at least 4 members (excludes halogenated alkanes) is 11. The van der Waals surface area contributed by atoms with E-state index in [0.29, 0.717) is 94.7 Å². The van der Waals surface area contributed by atoms with E-state index in [1.807, 2.05) is 0 Å². The number of benzene rings is 3. The zero-order valence-corrected chi connectivity index (χ0v) is 39.8. The van der Waals surface area contributed by atoms with Crippen LogP contribution in [-0.4, -0.2) is 56.0 Å². The van der Waals surface area contributed by atoms with Gasteiger partial charge in [-0.3, -0.25) is 24.0 Å². The Morgan fingerprint density at radius 1 is 0.471 bits per heavy atom. The normalized spacial score (nSPS) is 17.8. The Morgan fingerprint density at radius 2 is 0.824 bits per heavy atom. The van der Waals surface area contributed by atoms with Gasteiger partial charge in [0, 0.05) is 6.08 Å². The molecular weight excluding hydrogens is 869 g/mol. The van der Waals surface area contributed by atoms with Gasteiger partial charge in [0.15, 0.2) is 6.29 Å². The van der Waals surface area contributed by atoms with Crippen LogP contribution in [0.3, 0.4) is 0 Å². The van der Waals surface area contributed by atoms with Crippen molar-refractivity contribution >= 4 is 36.1 Å². The molecule has 2 saturated carbocycles. The molecule has 68 heavy (non-hydrogen) atoms. The van der Waals surface area contributed by atoms with Gasteiger partial charge in [-0.05, 0) is 137 Å². The summed E-state index contributed by atoms with van der Waals surface area (Å²) in [5.74, 6) is -1.12. The number of ether oxygens (including phenoxy) is 7. The maximum atomic E-state index is 13.2. The van der Waals surface area contributed by atoms with E-state index >= 15 is 0 Å². The van der Waals surface area contributed by atoms with Gasteiger partial charge < -0.3 is 33.2 Å². The number of hydrogen-bond donors (Lipinski definition) is 0. The Balaban J connectivity index is 0.942. The summed E-state index contributed by atoms with van der Waals surface area (Å²) in [5, 5.41) is 0. The molecule has 5 rings (SSSR count). The van der Waals surface area contributed by atoms with E-state index in [9.17, 15) is 28.8 Å². The number of carbonyl (C=O) groups is 6. The van der Waals surface area contributed by atoms with Crippen LogP contribution in [0.15, 0.2) is 79.4 Å². The SMILES string of the molecule is C=CC(=O)OCCCCCCCCOc1ccc(OC(=O)C2CCC(C(=O)Oc3ccc(OC(=O)C4CCC(C(=O)Oc5ccc(OCCCCCCCCC)cc5)CC4)c(C=O)c3)CC2)cc1. The zero-order valence-electron chi connectivity index (χ0n) is 39.8. The summed E-state index contributed by atoms with van der Waals surface area (Å²) in [6, 6.07) is 18.3. The molecule has 3 aromatic carbocycles. The first-order chi connectivity index (χ1) is 33.1. The molecule has 0 amide bonds. The lowest BCUT2D eigenvalue weighted by atomic mass is 9.82. The summed E-state index contributed by atoms with van der Waals surface area (Å²) in [7, 11) is 0. The Bertz CT molecular complexity index is 2040. The Hall–Kier alpha value is -5.98. The Labute approximate surface area is 401 Å². The molecule has 368 valence electrons. The molecule has 0 aliphatic heterocycles. The molecule has 0 aromatic heterocycles. The lowest BCUT2D eigenvalue weighted by Gasteiger charge is -2.26. The van der Waals surface area contributed by atoms with Crippen molar-refractivity contribution < 1.29 is 61.9 Å². The topological polar surface area (TPSA) is 167 Å². The summed E-state index contributed by atoms with van der Waals surface area (Å²) < 4.78 is 39.2. The van der Waals surface area contributed by atoms with E-state index in [1.165, 1.54) is 56.4 Å². The first-order valence-electron chi connectivity index (χ1n) is 24.9. The third-order valence-corrected chi connectivity index (χ3v) is 12.6. The Morgan fingerprint density at radius 3 is 1.24 bits per heavy atom. The van der Waals surface area contributed by atoms with Crippen LogP contribution in [0.25, 0.3) is 0 Å². The molecule has 2 aliphatic carbocycles. The lowest BCUT2D eigenvalue weighted by molar-refractivity contribution is -0.145. The van der Waals surface area contributed by atoms with Gasteiger partial charge in [0.1, 0.15) is 34.5 Å². The van der Waals surface area contributed by atoms with Crippen molar-refractivity contribution in [1.29, 1.82) is 0 Å². The van der Waals surface area contributed by atoms with Crippen molar-refractivity contribution in [2.75, 3.05) is 19.8 Å². The number of aldehydes is 1. The quantitative estimate of drug-likeness (QED) is 0.0212. The number of carbonyl (C=O) groups excluding carboxylic acids is 6. The van der Waals surface area contributed by atoms with Gasteiger partial charge in [-0.25, -0.2) is 4.79 Å². The lowest BCUT2D eigenvalue weighted by Crippen LogP contribution is -2.30. The largest absolute Gasteiger partial charge is 0.494 e. The molecule has 13 nitrogen and oxygen atoms in total. The van der Waals surface area contributed by atoms with Crippen LogP contribution >= 0.6 is 0 Å². The second-order valence-corrected chi connectivity index (χ2v) is 17.9. The average Bonchev–Trinajstić information content (AvgIpc) is 3.36. The van der Waals surface area contributed by atoms with Crippen molar-refractivity contribution in [3.8, 4) is 34.5 Å². The van der Waals surface area contributed by atoms with Gasteiger partial charge in [0.25, 0.3) is 0 Å². The van der Waals surface area contributed by atoms with E-state index in [-0.39, 0.29) is 46.8 Å². The van der Waals surface area contributed by atoms with Crippen molar-refractivity contribution in [3.63, 3.8) is 0 Å². The van der Waals surface area contributed by atoms with E-state index in [4.69, 9.17) is 33.2 Å². The fourth-order valence-corrected chi connectivity index (χ4v) is 8.48. The predicted molar refractivity (Wildman–Crippen MR) is 256 cm³/mol. The standard InChI is InChI=1S/C55H70O13/c1-3-5-6-7-8-11-14-35-62-45-25-31-48(32-26-45)66-53(59)41-21-23-43(24-22-41)55(61)68-50-34-33-49(38-44(50)39-56)67-54(60)42-19-17-40(18-20-42)52(58)65-47-29-27-46(28-30-47)63-36-15-12-9-10-13-16-37-64-51(57)4-2/h4,25-34,38-43H,2-3,5-24,35-37H2,1H3. The number of esters is 5. The highest BCUT2D eigenvalue weighted by atomic mass is 16.6. The molecule has 0 spiro atoms. The minimum absolute atomic E-state index is 0.0592. The molecular formula is C55H70O13. The minimum atomic E-state index is -0.494. The van der Waals surface area contributed by atoms with Crippen LogP contribution in [0.5, 0.6) is 34.5 Å². The van der Waals surface area contributed by atoms with Crippen LogP contribution in [0, 0.1) is 23.7 Å². The third-order valence-electron chi connectivity index (χ3n) is 12.6. The minimum Gasteiger partial charge on any atom is -0.494 e. The fraction of sp³-hybridized carbons (Fsp3) is 0.527. The zero-order chi connectivity index (χ0) is 48.4. The van der Waals surface area contributed by atoms with E-state index in [0.717, 1.165) is 57.1 Å². The summed E-state index contributed by atoms with van der Waals surface area (Å²) in [5.41, 5.74) is 0.0616. The molecule has 2 aliphatic rings. The van der Waals surface area contributed by atoms with Crippen LogP contribution < -0.4 is 28.4 Å². The summed E-state index contributed by atoms with van der Waals surface area (Å²) in [4.78, 5) is 75.3. The van der Waals surface area contributed by atoms with Crippen molar-refractivity contribution in [1.82, 2.24) is 0 Å². The second kappa shape index (κ2) is 29.7. The highest BCUT2D eigenvalue weighted by Gasteiger charge is 2.34. The summed E-state index contributed by atoms with van der Waals surface area (Å²) in [6.45, 7) is 7.26. The highest BCUT2D eigenvalue weighted by Crippen LogP contribution is 2.35. The number of hydrogen-bond acceptors (Lipinski definition) is 13. The molecule has 0 saturated heterocycles. The van der Waals surface area contributed by atoms with Gasteiger partial charge >= 0.3 is 29.8 Å². The molecule has 0 atom stereocenters. The molecule has 3 aromatic rings. The first-order valence-corrected chi connectivity index (χ1v) is 24.9. The highest BCUT2D eigenvalue weighted by molar-refractivity contribution is 5.85. The molecule has 0 unspecified atom stereocenters. The van der Waals surface area contributed by atoms with E-state index < -0.39 is 23.8 Å². The monoisotopic (exact) mass is 938 g/mol. The maximum absolute atomic E-state index is 13.2. The van der Waals surface area contributed by atoms with Crippen LogP contribution in [-0.2, 0) is 28.7 Å². The van der Waals surface area contributed by atoms with Crippen molar-refractivity contribution in [2.24, 2.45) is 23.7 Å². The van der Waals surface area contributed by atoms with Gasteiger partial charge in [0.2, 0.25) is 0 Å². The summed E-state index contributed by atoms with van der Waals surface area (Å²) in [6.07, 6.45) is 19.8. The maximum Gasteiger partial charge on any atom is 0.330 e. The second-order valence-electron chi connectivity index (χ2n) is 17.9. The molecule has 2 fully saturated rings. The van der Waals surface area contributed by atoms with E-state index in [1.54, 1.807) is 48.5 Å². The van der Waals surface area contributed by atoms with Crippen molar-refractivity contribution in [3.05, 3.63) is 84.9 Å². The van der Waals surface area contributed by atoms with Crippen LogP contribution in [0.1, 0.15) is 152 Å². The Kier molecular flexibility index (Phi) is 23.1. The first kappa shape index (κ1) is 53.0. The molecule has 0 bridgehead atoms. The molecule has 0 heterocycles. The third kappa shape index (κ3) is 18.6. The van der Waals surface area contributed by atoms with Crippen LogP contribution in [0.2, 0.25) is 0 Å². The predicted octanol–water partition coefficient (Wildman–Crippen LogP) is 11.7. The summed E-state index contributed by atoms with van der Waals surface area (Å²) >= 11 is 0. The van der Waals surface area contributed by atoms with Gasteiger partial charge in [-0.1, -0.05) is 77.7 Å². The molecule has 0 N–H and O–H groups in total. The van der Waals surface area contributed by atoms with Crippen LogP contribution in [0.4, 0.5) is 0 Å². The van der Waals surface area contributed by atoms with Gasteiger partial charge in [-0.15, -0.1) is 0 Å². The van der Waals surface area contributed by atoms with Gasteiger partial charge in [-0.2, -0.15) is 0 Å². The van der Waals surface area contributed by atoms with Crippen molar-refractivity contribution in [2.45, 2.75) is 142 Å². The molecule has 13 heteroatoms. The average molecular weight is 939 g/mol. The van der Waals surface area contributed by atoms with Gasteiger partial charge in [0.05, 0.1) is 49.1 Å². The number of rotatable bonds is 29. The fourth-order valence-electron chi connectivity index (χ4n) is 8.48. The van der Waals surface area contributed by atoms with E-state index in [2.05, 4.69) is 13.5 Å².